The Labute approximate surface area is 164 Å². The zero-order valence-electron chi connectivity index (χ0n) is 16.9. The fourth-order valence-corrected chi connectivity index (χ4v) is 3.04. The van der Waals surface area contributed by atoms with Crippen LogP contribution in [0, 0.1) is 0 Å². The largest absolute Gasteiger partial charge is 0.493 e. The van der Waals surface area contributed by atoms with Crippen LogP contribution in [-0.4, -0.2) is 67.7 Å². The molecule has 0 bridgehead atoms. The maximum Gasteiger partial charge on any atom is 0.344 e. The van der Waals surface area contributed by atoms with E-state index in [1.54, 1.807) is 17.0 Å². The second-order valence-electron chi connectivity index (χ2n) is 6.84. The van der Waals surface area contributed by atoms with Crippen LogP contribution in [0.4, 0.5) is 0 Å². The van der Waals surface area contributed by atoms with Gasteiger partial charge < -0.3 is 23.8 Å². The average molecular weight is 393 g/mol. The second kappa shape index (κ2) is 9.54. The summed E-state index contributed by atoms with van der Waals surface area (Å²) in [7, 11) is 1.44. The lowest BCUT2D eigenvalue weighted by atomic mass is 10.1. The van der Waals surface area contributed by atoms with Gasteiger partial charge >= 0.3 is 5.97 Å². The molecule has 1 heterocycles. The molecule has 0 aromatic heterocycles. The van der Waals surface area contributed by atoms with Crippen LogP contribution in [0.3, 0.4) is 0 Å². The number of benzene rings is 1. The first-order valence-corrected chi connectivity index (χ1v) is 9.16. The number of rotatable bonds is 7. The predicted molar refractivity (Wildman–Crippen MR) is 101 cm³/mol. The number of carbonyl (C=O) groups excluding carboxylic acids is 3. The van der Waals surface area contributed by atoms with Crippen molar-refractivity contribution in [2.75, 3.05) is 26.8 Å². The number of carbonyl (C=O) groups is 3. The highest BCUT2D eigenvalue weighted by Gasteiger charge is 2.30. The van der Waals surface area contributed by atoms with E-state index in [4.69, 9.17) is 18.9 Å². The molecule has 0 aliphatic carbocycles. The standard InChI is InChI=1S/C20H27NO7/c1-12-9-21(10-13(2)27-12)20(24)15(4)28-19(23)11-26-17-7-6-16(14(3)22)8-18(17)25-5/h6-8,12-13,15H,9-11H2,1-5H3. The van der Waals surface area contributed by atoms with Gasteiger partial charge in [0.05, 0.1) is 19.3 Å². The summed E-state index contributed by atoms with van der Waals surface area (Å²) >= 11 is 0. The van der Waals surface area contributed by atoms with Crippen LogP contribution in [-0.2, 0) is 19.1 Å². The first-order valence-electron chi connectivity index (χ1n) is 9.16. The number of ether oxygens (including phenoxy) is 4. The van der Waals surface area contributed by atoms with Crippen LogP contribution < -0.4 is 9.47 Å². The van der Waals surface area contributed by atoms with Gasteiger partial charge in [-0.2, -0.15) is 0 Å². The molecule has 2 rings (SSSR count). The van der Waals surface area contributed by atoms with Crippen molar-refractivity contribution in [2.45, 2.75) is 46.0 Å². The Morgan fingerprint density at radius 1 is 1.18 bits per heavy atom. The third-order valence-corrected chi connectivity index (χ3v) is 4.30. The highest BCUT2D eigenvalue weighted by Crippen LogP contribution is 2.28. The molecule has 1 saturated heterocycles. The highest BCUT2D eigenvalue weighted by atomic mass is 16.6. The molecule has 8 nitrogen and oxygen atoms in total. The number of methoxy groups -OCH3 is 1. The minimum absolute atomic E-state index is 0.0654. The van der Waals surface area contributed by atoms with Gasteiger partial charge in [0, 0.05) is 18.7 Å². The number of Topliss-reactive ketones (excluding diaryl/α,β-unsaturated/α-hetero) is 1. The Kier molecular flexibility index (Phi) is 7.39. The molecule has 1 aromatic carbocycles. The van der Waals surface area contributed by atoms with Crippen molar-refractivity contribution in [3.8, 4) is 11.5 Å². The van der Waals surface area contributed by atoms with Crippen molar-refractivity contribution >= 4 is 17.7 Å². The molecular formula is C20H27NO7. The number of nitrogens with zero attached hydrogens (tertiary/aromatic N) is 1. The maximum absolute atomic E-state index is 12.5. The van der Waals surface area contributed by atoms with Crippen molar-refractivity contribution < 1.29 is 33.3 Å². The number of esters is 1. The zero-order valence-corrected chi connectivity index (χ0v) is 16.9. The summed E-state index contributed by atoms with van der Waals surface area (Å²) in [5.41, 5.74) is 0.472. The smallest absolute Gasteiger partial charge is 0.344 e. The van der Waals surface area contributed by atoms with Gasteiger partial charge in [0.15, 0.2) is 30.0 Å². The molecule has 0 N–H and O–H groups in total. The van der Waals surface area contributed by atoms with Crippen molar-refractivity contribution in [2.24, 2.45) is 0 Å². The Balaban J connectivity index is 1.90. The molecule has 0 spiro atoms. The van der Waals surface area contributed by atoms with Gasteiger partial charge in [0.1, 0.15) is 0 Å². The van der Waals surface area contributed by atoms with Crippen LogP contribution in [0.5, 0.6) is 11.5 Å². The summed E-state index contributed by atoms with van der Waals surface area (Å²) in [5, 5.41) is 0. The Morgan fingerprint density at radius 2 is 1.82 bits per heavy atom. The summed E-state index contributed by atoms with van der Waals surface area (Å²) < 4.78 is 21.4. The molecule has 8 heteroatoms. The monoisotopic (exact) mass is 393 g/mol. The summed E-state index contributed by atoms with van der Waals surface area (Å²) in [6.45, 7) is 7.30. The molecule has 1 fully saturated rings. The maximum atomic E-state index is 12.5. The first-order chi connectivity index (χ1) is 13.2. The van der Waals surface area contributed by atoms with E-state index in [2.05, 4.69) is 0 Å². The van der Waals surface area contributed by atoms with Gasteiger partial charge in [-0.05, 0) is 45.9 Å². The molecule has 1 aromatic rings. The minimum Gasteiger partial charge on any atom is -0.493 e. The fraction of sp³-hybridized carbons (Fsp3) is 0.550. The van der Waals surface area contributed by atoms with Gasteiger partial charge in [-0.25, -0.2) is 4.79 Å². The third kappa shape index (κ3) is 5.69. The molecule has 1 aliphatic rings. The van der Waals surface area contributed by atoms with Crippen LogP contribution >= 0.6 is 0 Å². The van der Waals surface area contributed by atoms with Crippen LogP contribution in [0.1, 0.15) is 38.1 Å². The summed E-state index contributed by atoms with van der Waals surface area (Å²) in [6, 6.07) is 4.67. The molecule has 3 unspecified atom stereocenters. The van der Waals surface area contributed by atoms with E-state index in [1.165, 1.54) is 27.0 Å². The van der Waals surface area contributed by atoms with E-state index < -0.39 is 12.1 Å². The number of hydrogen-bond acceptors (Lipinski definition) is 7. The van der Waals surface area contributed by atoms with Gasteiger partial charge in [0.2, 0.25) is 0 Å². The van der Waals surface area contributed by atoms with Crippen molar-refractivity contribution in [1.82, 2.24) is 4.90 Å². The molecule has 154 valence electrons. The lowest BCUT2D eigenvalue weighted by molar-refractivity contribution is -0.165. The predicted octanol–water partition coefficient (Wildman–Crippen LogP) is 1.84. The van der Waals surface area contributed by atoms with E-state index in [1.807, 2.05) is 13.8 Å². The van der Waals surface area contributed by atoms with E-state index in [0.717, 1.165) is 0 Å². The van der Waals surface area contributed by atoms with Gasteiger partial charge in [0.25, 0.3) is 5.91 Å². The van der Waals surface area contributed by atoms with E-state index in [-0.39, 0.29) is 30.5 Å². The van der Waals surface area contributed by atoms with E-state index in [9.17, 15) is 14.4 Å². The van der Waals surface area contributed by atoms with Crippen LogP contribution in [0.2, 0.25) is 0 Å². The lowest BCUT2D eigenvalue weighted by Crippen LogP contribution is -2.51. The molecule has 28 heavy (non-hydrogen) atoms. The van der Waals surface area contributed by atoms with E-state index >= 15 is 0 Å². The van der Waals surface area contributed by atoms with Crippen molar-refractivity contribution in [1.29, 1.82) is 0 Å². The average Bonchev–Trinajstić information content (AvgIpc) is 2.64. The number of amides is 1. The Bertz CT molecular complexity index is 723. The van der Waals surface area contributed by atoms with Crippen LogP contribution in [0.25, 0.3) is 0 Å². The van der Waals surface area contributed by atoms with Gasteiger partial charge in [-0.3, -0.25) is 9.59 Å². The summed E-state index contributed by atoms with van der Waals surface area (Å²) in [6.07, 6.45) is -1.05. The molecule has 0 saturated carbocycles. The van der Waals surface area contributed by atoms with Crippen molar-refractivity contribution in [3.05, 3.63) is 23.8 Å². The minimum atomic E-state index is -0.921. The molecule has 3 atom stereocenters. The molecule has 0 radical (unpaired) electrons. The first kappa shape index (κ1) is 21.7. The number of morpholine rings is 1. The molecule has 1 amide bonds. The normalized spacial score (nSPS) is 20.2. The zero-order chi connectivity index (χ0) is 20.8. The topological polar surface area (TPSA) is 91.4 Å². The summed E-state index contributed by atoms with van der Waals surface area (Å²) in [5.74, 6) is -0.407. The summed E-state index contributed by atoms with van der Waals surface area (Å²) in [4.78, 5) is 37.7. The van der Waals surface area contributed by atoms with Crippen molar-refractivity contribution in [3.63, 3.8) is 0 Å². The van der Waals surface area contributed by atoms with Gasteiger partial charge in [-0.1, -0.05) is 0 Å². The number of ketones is 1. The van der Waals surface area contributed by atoms with Crippen LogP contribution in [0.15, 0.2) is 18.2 Å². The molecular weight excluding hydrogens is 366 g/mol. The second-order valence-corrected chi connectivity index (χ2v) is 6.84. The SMILES string of the molecule is COc1cc(C(C)=O)ccc1OCC(=O)OC(C)C(=O)N1CC(C)OC(C)C1. The Morgan fingerprint density at radius 3 is 2.39 bits per heavy atom. The lowest BCUT2D eigenvalue weighted by Gasteiger charge is -2.36. The fourth-order valence-electron chi connectivity index (χ4n) is 3.04. The van der Waals surface area contributed by atoms with Gasteiger partial charge in [-0.15, -0.1) is 0 Å². The van der Waals surface area contributed by atoms with E-state index in [0.29, 0.717) is 30.2 Å². The highest BCUT2D eigenvalue weighted by molar-refractivity contribution is 5.94. The third-order valence-electron chi connectivity index (χ3n) is 4.30. The number of hydrogen-bond donors (Lipinski definition) is 0. The quantitative estimate of drug-likeness (QED) is 0.516. The Hall–Kier alpha value is -2.61. The molecule has 1 aliphatic heterocycles.